The average Bonchev–Trinajstić information content (AvgIpc) is 3.36. The van der Waals surface area contributed by atoms with E-state index < -0.39 is 24.9 Å². The number of benzene rings is 1. The van der Waals surface area contributed by atoms with Crippen molar-refractivity contribution in [3.8, 4) is 11.5 Å². The lowest BCUT2D eigenvalue weighted by atomic mass is 10.0. The largest absolute Gasteiger partial charge is 0.406 e. The van der Waals surface area contributed by atoms with Crippen molar-refractivity contribution in [2.45, 2.75) is 64.2 Å². The van der Waals surface area contributed by atoms with E-state index in [1.807, 2.05) is 25.8 Å². The highest BCUT2D eigenvalue weighted by Gasteiger charge is 2.42. The molecule has 4 atom stereocenters. The van der Waals surface area contributed by atoms with Gasteiger partial charge in [-0.3, -0.25) is 4.79 Å². The van der Waals surface area contributed by atoms with Crippen LogP contribution in [0.4, 0.5) is 23.2 Å². The fourth-order valence-corrected chi connectivity index (χ4v) is 5.27. The Kier molecular flexibility index (Phi) is 8.05. The van der Waals surface area contributed by atoms with Crippen LogP contribution in [0.15, 0.2) is 28.8 Å². The van der Waals surface area contributed by atoms with E-state index in [9.17, 15) is 22.4 Å². The molecule has 3 heterocycles. The summed E-state index contributed by atoms with van der Waals surface area (Å²) >= 11 is 0. The number of hydrogen-bond donors (Lipinski definition) is 3. The summed E-state index contributed by atoms with van der Waals surface area (Å²) in [6.07, 6.45) is -4.25. The summed E-state index contributed by atoms with van der Waals surface area (Å²) in [7, 11) is 1.85. The summed E-state index contributed by atoms with van der Waals surface area (Å²) in [6, 6.07) is 6.41. The first-order chi connectivity index (χ1) is 19.0. The van der Waals surface area contributed by atoms with E-state index >= 15 is 0 Å². The Balaban J connectivity index is 1.34. The molecule has 3 aromatic rings. The Morgan fingerprint density at radius 2 is 2.08 bits per heavy atom. The molecule has 2 aliphatic rings. The summed E-state index contributed by atoms with van der Waals surface area (Å²) in [4.78, 5) is 18.7. The Morgan fingerprint density at radius 3 is 2.80 bits per heavy atom. The van der Waals surface area contributed by atoms with E-state index in [0.29, 0.717) is 35.6 Å². The molecule has 0 spiro atoms. The van der Waals surface area contributed by atoms with Crippen molar-refractivity contribution in [1.82, 2.24) is 30.2 Å². The minimum absolute atomic E-state index is 0.0209. The number of nitrogens with zero attached hydrogens (tertiary/aromatic N) is 4. The molecule has 1 amide bonds. The maximum absolute atomic E-state index is 14.7. The number of rotatable bonds is 10. The van der Waals surface area contributed by atoms with E-state index in [1.165, 1.54) is 0 Å². The second kappa shape index (κ2) is 11.4. The third kappa shape index (κ3) is 6.57. The van der Waals surface area contributed by atoms with Crippen LogP contribution in [0, 0.1) is 11.8 Å². The molecule has 1 aliphatic heterocycles. The zero-order valence-corrected chi connectivity index (χ0v) is 22.8. The quantitative estimate of drug-likeness (QED) is 0.320. The maximum atomic E-state index is 14.7. The first-order valence-electron chi connectivity index (χ1n) is 13.6. The fourth-order valence-electron chi connectivity index (χ4n) is 5.27. The molecule has 9 nitrogen and oxygen atoms in total. The highest BCUT2D eigenvalue weighted by molar-refractivity contribution is 5.96. The topological polar surface area (TPSA) is 100 Å². The molecule has 5 rings (SSSR count). The third-order valence-electron chi connectivity index (χ3n) is 7.53. The van der Waals surface area contributed by atoms with Gasteiger partial charge in [0.15, 0.2) is 0 Å². The number of likely N-dealkylation sites (tertiary alicyclic amines) is 1. The third-order valence-corrected chi connectivity index (χ3v) is 7.53. The zero-order chi connectivity index (χ0) is 28.6. The van der Waals surface area contributed by atoms with Gasteiger partial charge in [0.05, 0.1) is 23.8 Å². The number of fused-ring (bicyclic) bond motifs is 1. The summed E-state index contributed by atoms with van der Waals surface area (Å²) in [5, 5.41) is 13.7. The number of carbonyl (C=O) groups is 1. The van der Waals surface area contributed by atoms with Gasteiger partial charge in [0.2, 0.25) is 17.6 Å². The van der Waals surface area contributed by atoms with E-state index in [0.717, 1.165) is 17.5 Å². The highest BCUT2D eigenvalue weighted by atomic mass is 19.4. The second-order valence-electron chi connectivity index (χ2n) is 11.2. The van der Waals surface area contributed by atoms with Crippen LogP contribution in [0.3, 0.4) is 0 Å². The molecule has 1 saturated heterocycles. The SMILES string of the molecule is CC(C)NC[C@@H]1C[C@H]1C(=O)NCc1nc(-c2cc3c(N[C@@H]4CCN(C)C[C@@H]4F)cccc3n2CC(F)(F)F)no1. The smallest absolute Gasteiger partial charge is 0.379 e. The van der Waals surface area contributed by atoms with Crippen molar-refractivity contribution in [2.75, 3.05) is 32.0 Å². The molecule has 2 fully saturated rings. The van der Waals surface area contributed by atoms with Gasteiger partial charge in [-0.25, -0.2) is 4.39 Å². The Bertz CT molecular complexity index is 1340. The number of nitrogens with one attached hydrogen (secondary N) is 3. The molecule has 40 heavy (non-hydrogen) atoms. The molecule has 0 bridgehead atoms. The Labute approximate surface area is 229 Å². The van der Waals surface area contributed by atoms with Crippen molar-refractivity contribution in [1.29, 1.82) is 0 Å². The predicted molar refractivity (Wildman–Crippen MR) is 142 cm³/mol. The van der Waals surface area contributed by atoms with Crippen LogP contribution in [0.25, 0.3) is 22.4 Å². The van der Waals surface area contributed by atoms with Crippen LogP contribution >= 0.6 is 0 Å². The number of alkyl halides is 4. The predicted octanol–water partition coefficient (Wildman–Crippen LogP) is 3.96. The van der Waals surface area contributed by atoms with Crippen LogP contribution in [0.5, 0.6) is 0 Å². The molecule has 0 unspecified atom stereocenters. The Morgan fingerprint density at radius 1 is 1.27 bits per heavy atom. The number of halogens is 4. The first kappa shape index (κ1) is 28.3. The number of anilines is 1. The maximum Gasteiger partial charge on any atom is 0.406 e. The molecule has 1 saturated carbocycles. The van der Waals surface area contributed by atoms with Crippen molar-refractivity contribution in [3.63, 3.8) is 0 Å². The molecule has 1 aromatic carbocycles. The van der Waals surface area contributed by atoms with Gasteiger partial charge >= 0.3 is 6.18 Å². The van der Waals surface area contributed by atoms with Gasteiger partial charge in [-0.15, -0.1) is 0 Å². The van der Waals surface area contributed by atoms with Gasteiger partial charge in [-0.2, -0.15) is 18.2 Å². The zero-order valence-electron chi connectivity index (χ0n) is 22.8. The molecular weight excluding hydrogens is 530 g/mol. The van der Waals surface area contributed by atoms with E-state index in [2.05, 4.69) is 26.1 Å². The molecule has 218 valence electrons. The number of piperidine rings is 1. The van der Waals surface area contributed by atoms with E-state index in [-0.39, 0.29) is 48.2 Å². The van der Waals surface area contributed by atoms with E-state index in [4.69, 9.17) is 4.52 Å². The van der Waals surface area contributed by atoms with Crippen LogP contribution in [0.1, 0.15) is 32.6 Å². The normalized spacial score (nSPS) is 23.6. The minimum atomic E-state index is -4.51. The van der Waals surface area contributed by atoms with Gasteiger partial charge in [0, 0.05) is 36.1 Å². The van der Waals surface area contributed by atoms with Crippen LogP contribution < -0.4 is 16.0 Å². The van der Waals surface area contributed by atoms with Crippen LogP contribution in [-0.2, 0) is 17.9 Å². The lowest BCUT2D eigenvalue weighted by Gasteiger charge is -2.33. The standard InChI is InChI=1S/C27H35F4N7O2/c1-15(2)32-11-16-9-17(16)26(39)33-12-24-35-25(36-40-24)23-10-18-20(34-21-7-8-37(3)13-19(21)28)5-4-6-22(18)38(23)14-27(29,30)31/h4-6,10,15-17,19,21,32,34H,7-9,11-14H2,1-3H3,(H,33,39)/t16-,17+,19-,21+/m0/s1. The summed E-state index contributed by atoms with van der Waals surface area (Å²) in [6.45, 7) is 4.58. The van der Waals surface area contributed by atoms with Gasteiger partial charge in [-0.05, 0) is 50.6 Å². The summed E-state index contributed by atoms with van der Waals surface area (Å²) in [5.74, 6) is 0.154. The Hall–Kier alpha value is -3.19. The van der Waals surface area contributed by atoms with Gasteiger partial charge in [0.25, 0.3) is 0 Å². The van der Waals surface area contributed by atoms with E-state index in [1.54, 1.807) is 24.3 Å². The van der Waals surface area contributed by atoms with Crippen LogP contribution in [-0.4, -0.2) is 76.6 Å². The molecule has 0 radical (unpaired) electrons. The second-order valence-corrected chi connectivity index (χ2v) is 11.2. The van der Waals surface area contributed by atoms with Gasteiger partial charge < -0.3 is 29.9 Å². The van der Waals surface area contributed by atoms with Crippen molar-refractivity contribution >= 4 is 22.5 Å². The first-order valence-corrected chi connectivity index (χ1v) is 13.6. The minimum Gasteiger partial charge on any atom is -0.379 e. The fraction of sp³-hybridized carbons (Fsp3) is 0.593. The molecule has 13 heteroatoms. The van der Waals surface area contributed by atoms with Gasteiger partial charge in [-0.1, -0.05) is 25.1 Å². The molecule has 3 N–H and O–H groups in total. The van der Waals surface area contributed by atoms with Gasteiger partial charge in [0.1, 0.15) is 12.7 Å². The number of aromatic nitrogens is 3. The number of amides is 1. The van der Waals surface area contributed by atoms with Crippen molar-refractivity contribution < 1.29 is 26.9 Å². The van der Waals surface area contributed by atoms with Crippen molar-refractivity contribution in [2.24, 2.45) is 11.8 Å². The summed E-state index contributed by atoms with van der Waals surface area (Å²) < 4.78 is 62.0. The summed E-state index contributed by atoms with van der Waals surface area (Å²) in [5.41, 5.74) is 0.971. The van der Waals surface area contributed by atoms with Crippen LogP contribution in [0.2, 0.25) is 0 Å². The lowest BCUT2D eigenvalue weighted by molar-refractivity contribution is -0.139. The molecule has 1 aliphatic carbocycles. The van der Waals surface area contributed by atoms with Crippen molar-refractivity contribution in [3.05, 3.63) is 30.2 Å². The molecule has 2 aromatic heterocycles. The molecular formula is C27H35F4N7O2. The monoisotopic (exact) mass is 565 g/mol. The lowest BCUT2D eigenvalue weighted by Crippen LogP contribution is -2.46. The average molecular weight is 566 g/mol. The number of carbonyl (C=O) groups excluding carboxylic acids is 1. The number of hydrogen-bond acceptors (Lipinski definition) is 7. The highest BCUT2D eigenvalue weighted by Crippen LogP contribution is 2.38.